The Balaban J connectivity index is 1.82. The Kier molecular flexibility index (Phi) is 3.13. The molecule has 1 fully saturated rings. The van der Waals surface area contributed by atoms with E-state index in [1.165, 1.54) is 6.07 Å². The zero-order valence-electron chi connectivity index (χ0n) is 11.4. The van der Waals surface area contributed by atoms with Crippen molar-refractivity contribution < 1.29 is 14.0 Å². The highest BCUT2D eigenvalue weighted by atomic mass is 16.4. The Morgan fingerprint density at radius 2 is 2.10 bits per heavy atom. The van der Waals surface area contributed by atoms with Crippen molar-refractivity contribution in [1.29, 1.82) is 5.26 Å². The standard InChI is InChI=1S/C15H14N2O4/c16-8-15(4-5-15)3-1-2-9-6-12(19)21-10-7-11(18)17-14(20)13(9)10/h6H,1-5,7H2,(H,17,18,20). The van der Waals surface area contributed by atoms with E-state index in [1.807, 2.05) is 0 Å². The largest absolute Gasteiger partial charge is 0.426 e. The zero-order chi connectivity index (χ0) is 15.0. The highest BCUT2D eigenvalue weighted by Crippen LogP contribution is 2.49. The number of amides is 2. The van der Waals surface area contributed by atoms with Gasteiger partial charge in [0.15, 0.2) is 0 Å². The SMILES string of the molecule is N#CC1(CCCc2cc(=O)oc3c2C(=O)NC(=O)C3)CC1. The van der Waals surface area contributed by atoms with E-state index in [-0.39, 0.29) is 17.6 Å². The molecular formula is C15H14N2O4. The summed E-state index contributed by atoms with van der Waals surface area (Å²) in [6, 6.07) is 3.63. The first kappa shape index (κ1) is 13.6. The average molecular weight is 286 g/mol. The fourth-order valence-corrected chi connectivity index (χ4v) is 2.75. The Labute approximate surface area is 120 Å². The third kappa shape index (κ3) is 2.59. The second kappa shape index (κ2) is 4.85. The lowest BCUT2D eigenvalue weighted by Gasteiger charge is -2.17. The maximum atomic E-state index is 11.9. The number of rotatable bonds is 4. The molecule has 0 aromatic carbocycles. The molecule has 2 aliphatic rings. The molecule has 1 N–H and O–H groups in total. The van der Waals surface area contributed by atoms with Gasteiger partial charge in [-0.15, -0.1) is 0 Å². The van der Waals surface area contributed by atoms with E-state index in [9.17, 15) is 14.4 Å². The molecule has 1 aliphatic heterocycles. The fraction of sp³-hybridized carbons (Fsp3) is 0.467. The predicted molar refractivity (Wildman–Crippen MR) is 71.4 cm³/mol. The normalized spacial score (nSPS) is 18.6. The molecule has 0 spiro atoms. The summed E-state index contributed by atoms with van der Waals surface area (Å²) < 4.78 is 4.97. The summed E-state index contributed by atoms with van der Waals surface area (Å²) in [5, 5.41) is 11.3. The first-order valence-electron chi connectivity index (χ1n) is 6.94. The van der Waals surface area contributed by atoms with Crippen molar-refractivity contribution in [3.63, 3.8) is 0 Å². The first-order valence-corrected chi connectivity index (χ1v) is 6.94. The Morgan fingerprint density at radius 3 is 2.76 bits per heavy atom. The van der Waals surface area contributed by atoms with Gasteiger partial charge in [-0.2, -0.15) is 5.26 Å². The maximum absolute atomic E-state index is 11.9. The topological polar surface area (TPSA) is 100 Å². The Morgan fingerprint density at radius 1 is 1.33 bits per heavy atom. The van der Waals surface area contributed by atoms with Gasteiger partial charge < -0.3 is 4.42 Å². The monoisotopic (exact) mass is 286 g/mol. The number of hydrogen-bond acceptors (Lipinski definition) is 5. The van der Waals surface area contributed by atoms with E-state index < -0.39 is 17.4 Å². The third-order valence-electron chi connectivity index (χ3n) is 4.11. The quantitative estimate of drug-likeness (QED) is 0.835. The molecule has 2 heterocycles. The third-order valence-corrected chi connectivity index (χ3v) is 4.11. The lowest BCUT2D eigenvalue weighted by atomic mass is 9.94. The van der Waals surface area contributed by atoms with Crippen LogP contribution >= 0.6 is 0 Å². The second-order valence-corrected chi connectivity index (χ2v) is 5.69. The molecule has 1 aromatic heterocycles. The van der Waals surface area contributed by atoms with Gasteiger partial charge >= 0.3 is 5.63 Å². The lowest BCUT2D eigenvalue weighted by Crippen LogP contribution is -2.38. The molecule has 2 amide bonds. The van der Waals surface area contributed by atoms with Crippen LogP contribution < -0.4 is 10.9 Å². The number of fused-ring (bicyclic) bond motifs is 1. The van der Waals surface area contributed by atoms with Gasteiger partial charge in [0.05, 0.1) is 23.5 Å². The van der Waals surface area contributed by atoms with Gasteiger partial charge in [0.25, 0.3) is 5.91 Å². The molecule has 1 aliphatic carbocycles. The number of imide groups is 1. The van der Waals surface area contributed by atoms with Gasteiger partial charge in [0, 0.05) is 6.07 Å². The van der Waals surface area contributed by atoms with Crippen molar-refractivity contribution in [1.82, 2.24) is 5.32 Å². The number of carbonyl (C=O) groups is 2. The minimum atomic E-state index is -0.548. The van der Waals surface area contributed by atoms with Crippen LogP contribution in [0.2, 0.25) is 0 Å². The lowest BCUT2D eigenvalue weighted by molar-refractivity contribution is -0.120. The molecule has 0 atom stereocenters. The number of hydrogen-bond donors (Lipinski definition) is 1. The highest BCUT2D eigenvalue weighted by Gasteiger charge is 2.42. The summed E-state index contributed by atoms with van der Waals surface area (Å²) in [4.78, 5) is 34.8. The van der Waals surface area contributed by atoms with E-state index in [1.54, 1.807) is 0 Å². The molecular weight excluding hydrogens is 272 g/mol. The summed E-state index contributed by atoms with van der Waals surface area (Å²) in [6.45, 7) is 0. The van der Waals surface area contributed by atoms with Crippen LogP contribution in [0.5, 0.6) is 0 Å². The van der Waals surface area contributed by atoms with E-state index in [4.69, 9.17) is 9.68 Å². The molecule has 1 aromatic rings. The van der Waals surface area contributed by atoms with Gasteiger partial charge in [0.2, 0.25) is 5.91 Å². The molecule has 1 saturated carbocycles. The van der Waals surface area contributed by atoms with Crippen LogP contribution in [0.1, 0.15) is 47.4 Å². The fourth-order valence-electron chi connectivity index (χ4n) is 2.75. The van der Waals surface area contributed by atoms with Crippen molar-refractivity contribution in [2.24, 2.45) is 5.41 Å². The van der Waals surface area contributed by atoms with Gasteiger partial charge in [-0.05, 0) is 37.7 Å². The minimum Gasteiger partial charge on any atom is -0.426 e. The summed E-state index contributed by atoms with van der Waals surface area (Å²) in [7, 11) is 0. The number of nitrogens with zero attached hydrogens (tertiary/aromatic N) is 1. The summed E-state index contributed by atoms with van der Waals surface area (Å²) in [6.07, 6.45) is 3.77. The molecule has 0 unspecified atom stereocenters. The Hall–Kier alpha value is -2.42. The van der Waals surface area contributed by atoms with E-state index in [0.29, 0.717) is 17.5 Å². The molecule has 0 bridgehead atoms. The summed E-state index contributed by atoms with van der Waals surface area (Å²) >= 11 is 0. The van der Waals surface area contributed by atoms with Gasteiger partial charge in [0.1, 0.15) is 5.76 Å². The van der Waals surface area contributed by atoms with Crippen LogP contribution in [0.25, 0.3) is 0 Å². The summed E-state index contributed by atoms with van der Waals surface area (Å²) in [5.41, 5.74) is 0.154. The number of carbonyl (C=O) groups excluding carboxylic acids is 2. The zero-order valence-corrected chi connectivity index (χ0v) is 11.4. The van der Waals surface area contributed by atoms with Crippen LogP contribution in [0.4, 0.5) is 0 Å². The number of nitrogens with one attached hydrogen (secondary N) is 1. The molecule has 0 saturated heterocycles. The first-order chi connectivity index (χ1) is 10.0. The number of nitriles is 1. The minimum absolute atomic E-state index is 0.0910. The van der Waals surface area contributed by atoms with Crippen LogP contribution in [0, 0.1) is 16.7 Å². The maximum Gasteiger partial charge on any atom is 0.336 e. The van der Waals surface area contributed by atoms with Gasteiger partial charge in [-0.25, -0.2) is 4.79 Å². The van der Waals surface area contributed by atoms with Crippen molar-refractivity contribution >= 4 is 11.8 Å². The smallest absolute Gasteiger partial charge is 0.336 e. The second-order valence-electron chi connectivity index (χ2n) is 5.69. The molecule has 108 valence electrons. The van der Waals surface area contributed by atoms with Crippen molar-refractivity contribution in [3.05, 3.63) is 33.4 Å². The molecule has 21 heavy (non-hydrogen) atoms. The van der Waals surface area contributed by atoms with Gasteiger partial charge in [-0.3, -0.25) is 14.9 Å². The van der Waals surface area contributed by atoms with Crippen molar-refractivity contribution in [2.75, 3.05) is 0 Å². The molecule has 3 rings (SSSR count). The van der Waals surface area contributed by atoms with E-state index >= 15 is 0 Å². The Bertz CT molecular complexity index is 722. The highest BCUT2D eigenvalue weighted by molar-refractivity contribution is 6.09. The van der Waals surface area contributed by atoms with E-state index in [2.05, 4.69) is 11.4 Å². The summed E-state index contributed by atoms with van der Waals surface area (Å²) in [5.74, 6) is -0.830. The van der Waals surface area contributed by atoms with Crippen LogP contribution in [-0.2, 0) is 17.6 Å². The predicted octanol–water partition coefficient (Wildman–Crippen LogP) is 1.08. The van der Waals surface area contributed by atoms with Crippen LogP contribution in [0.15, 0.2) is 15.3 Å². The van der Waals surface area contributed by atoms with E-state index in [0.717, 1.165) is 25.7 Å². The van der Waals surface area contributed by atoms with Crippen LogP contribution in [0.3, 0.4) is 0 Å². The van der Waals surface area contributed by atoms with Crippen LogP contribution in [-0.4, -0.2) is 11.8 Å². The van der Waals surface area contributed by atoms with Gasteiger partial charge in [-0.1, -0.05) is 0 Å². The van der Waals surface area contributed by atoms with Crippen molar-refractivity contribution in [3.8, 4) is 6.07 Å². The average Bonchev–Trinajstić information content (AvgIpc) is 3.17. The molecule has 6 heteroatoms. The molecule has 0 radical (unpaired) electrons. The van der Waals surface area contributed by atoms with Crippen molar-refractivity contribution in [2.45, 2.75) is 38.5 Å². The number of aryl methyl sites for hydroxylation is 1. The molecule has 6 nitrogen and oxygen atoms in total.